The molecule has 2 unspecified atom stereocenters. The highest BCUT2D eigenvalue weighted by Crippen LogP contribution is 2.27. The van der Waals surface area contributed by atoms with E-state index in [1.807, 2.05) is 45.9 Å². The number of nitrogens with zero attached hydrogens (tertiary/aromatic N) is 1. The summed E-state index contributed by atoms with van der Waals surface area (Å²) in [7, 11) is 0. The summed E-state index contributed by atoms with van der Waals surface area (Å²) >= 11 is 0. The maximum absolute atomic E-state index is 13.9. The predicted molar refractivity (Wildman–Crippen MR) is 147 cm³/mol. The molecule has 0 spiro atoms. The Bertz CT molecular complexity index is 879. The monoisotopic (exact) mass is 519 g/mol. The minimum absolute atomic E-state index is 0.125. The molecule has 0 aliphatic heterocycles. The molecule has 3 N–H and O–H groups in total. The second kappa shape index (κ2) is 15.6. The maximum atomic E-state index is 13.9. The van der Waals surface area contributed by atoms with Crippen LogP contribution in [0.4, 0.5) is 4.79 Å². The number of alkyl carbamates (subject to hydrolysis) is 1. The van der Waals surface area contributed by atoms with E-state index in [4.69, 9.17) is 4.74 Å². The van der Waals surface area contributed by atoms with Gasteiger partial charge in [-0.2, -0.15) is 0 Å². The summed E-state index contributed by atoms with van der Waals surface area (Å²) in [4.78, 5) is 41.4. The Morgan fingerprint density at radius 2 is 1.62 bits per heavy atom. The molecule has 0 aliphatic carbocycles. The Labute approximate surface area is 223 Å². The highest BCUT2D eigenvalue weighted by Gasteiger charge is 2.36. The summed E-state index contributed by atoms with van der Waals surface area (Å²) in [5.74, 6) is -0.816. The second-order valence-electron chi connectivity index (χ2n) is 11.1. The number of aliphatic hydroxyl groups is 1. The smallest absolute Gasteiger partial charge is 0.408 e. The summed E-state index contributed by atoms with van der Waals surface area (Å²) in [6.45, 7) is 14.6. The number of ether oxygens (including phenoxy) is 1. The molecular weight excluding hydrogens is 470 g/mol. The number of aliphatic hydroxyl groups excluding tert-OH is 1. The van der Waals surface area contributed by atoms with E-state index < -0.39 is 36.3 Å². The van der Waals surface area contributed by atoms with Gasteiger partial charge in [-0.05, 0) is 66.0 Å². The van der Waals surface area contributed by atoms with E-state index >= 15 is 0 Å². The van der Waals surface area contributed by atoms with Gasteiger partial charge in [-0.1, -0.05) is 62.8 Å². The SMILES string of the molecule is CCCCCCCCN(C(=O)C(CO)NC(=O)OC(C)(C)C)C(C(=O)NC(C)C)c1cc(C)ccc1C. The van der Waals surface area contributed by atoms with Gasteiger partial charge in [0.2, 0.25) is 11.8 Å². The van der Waals surface area contributed by atoms with Gasteiger partial charge in [0.1, 0.15) is 17.7 Å². The van der Waals surface area contributed by atoms with Gasteiger partial charge < -0.3 is 25.4 Å². The lowest BCUT2D eigenvalue weighted by molar-refractivity contribution is -0.143. The third-order valence-corrected chi connectivity index (χ3v) is 5.93. The molecule has 1 aromatic rings. The number of carbonyl (C=O) groups is 3. The maximum Gasteiger partial charge on any atom is 0.408 e. The molecule has 0 aliphatic rings. The first-order valence-corrected chi connectivity index (χ1v) is 13.6. The first-order valence-electron chi connectivity index (χ1n) is 13.6. The molecule has 2 atom stereocenters. The summed E-state index contributed by atoms with van der Waals surface area (Å²) in [5, 5.41) is 15.5. The quantitative estimate of drug-likeness (QED) is 0.302. The van der Waals surface area contributed by atoms with E-state index in [9.17, 15) is 19.5 Å². The van der Waals surface area contributed by atoms with Crippen LogP contribution in [-0.2, 0) is 14.3 Å². The highest BCUT2D eigenvalue weighted by atomic mass is 16.6. The Morgan fingerprint density at radius 1 is 1.00 bits per heavy atom. The number of carbonyl (C=O) groups excluding carboxylic acids is 3. The number of amides is 3. The van der Waals surface area contributed by atoms with Crippen LogP contribution >= 0.6 is 0 Å². The van der Waals surface area contributed by atoms with Gasteiger partial charge in [-0.25, -0.2) is 4.79 Å². The summed E-state index contributed by atoms with van der Waals surface area (Å²) in [6.07, 6.45) is 5.30. The van der Waals surface area contributed by atoms with Crippen molar-refractivity contribution >= 4 is 17.9 Å². The lowest BCUT2D eigenvalue weighted by atomic mass is 9.95. The summed E-state index contributed by atoms with van der Waals surface area (Å²) in [5.41, 5.74) is 1.83. The van der Waals surface area contributed by atoms with E-state index in [0.717, 1.165) is 48.8 Å². The lowest BCUT2D eigenvalue weighted by Crippen LogP contribution is -2.55. The minimum atomic E-state index is -1.24. The van der Waals surface area contributed by atoms with E-state index in [2.05, 4.69) is 17.6 Å². The largest absolute Gasteiger partial charge is 0.444 e. The Morgan fingerprint density at radius 3 is 2.19 bits per heavy atom. The zero-order valence-electron chi connectivity index (χ0n) is 24.1. The van der Waals surface area contributed by atoms with Gasteiger partial charge in [-0.3, -0.25) is 9.59 Å². The first-order chi connectivity index (χ1) is 17.3. The van der Waals surface area contributed by atoms with Crippen molar-refractivity contribution < 1.29 is 24.2 Å². The van der Waals surface area contributed by atoms with Crippen LogP contribution in [-0.4, -0.2) is 58.8 Å². The predicted octanol–water partition coefficient (Wildman–Crippen LogP) is 4.94. The van der Waals surface area contributed by atoms with Crippen LogP contribution in [0.2, 0.25) is 0 Å². The number of unbranched alkanes of at least 4 members (excludes halogenated alkanes) is 5. The van der Waals surface area contributed by atoms with Gasteiger partial charge in [0.25, 0.3) is 0 Å². The summed E-state index contributed by atoms with van der Waals surface area (Å²) in [6, 6.07) is 3.57. The van der Waals surface area contributed by atoms with E-state index in [1.54, 1.807) is 20.8 Å². The van der Waals surface area contributed by atoms with E-state index in [1.165, 1.54) is 4.90 Å². The third-order valence-electron chi connectivity index (χ3n) is 5.93. The summed E-state index contributed by atoms with van der Waals surface area (Å²) < 4.78 is 5.30. The van der Waals surface area contributed by atoms with Crippen molar-refractivity contribution in [1.82, 2.24) is 15.5 Å². The fraction of sp³-hybridized carbons (Fsp3) is 0.690. The van der Waals surface area contributed by atoms with Crippen molar-refractivity contribution in [3.63, 3.8) is 0 Å². The number of aryl methyl sites for hydroxylation is 2. The number of rotatable bonds is 14. The van der Waals surface area contributed by atoms with Crippen molar-refractivity contribution in [1.29, 1.82) is 0 Å². The highest BCUT2D eigenvalue weighted by molar-refractivity contribution is 5.92. The van der Waals surface area contributed by atoms with E-state index in [-0.39, 0.29) is 11.9 Å². The van der Waals surface area contributed by atoms with E-state index in [0.29, 0.717) is 13.0 Å². The van der Waals surface area contributed by atoms with Crippen LogP contribution in [0.3, 0.4) is 0 Å². The molecular formula is C29H49N3O5. The molecule has 8 nitrogen and oxygen atoms in total. The number of hydrogen-bond donors (Lipinski definition) is 3. The van der Waals surface area contributed by atoms with Crippen molar-refractivity contribution in [2.45, 2.75) is 118 Å². The zero-order chi connectivity index (χ0) is 28.2. The number of nitrogens with one attached hydrogen (secondary N) is 2. The molecule has 0 fully saturated rings. The van der Waals surface area contributed by atoms with Crippen LogP contribution in [0.25, 0.3) is 0 Å². The molecule has 1 rings (SSSR count). The molecule has 37 heavy (non-hydrogen) atoms. The molecule has 210 valence electrons. The standard InChI is InChI=1S/C29H49N3O5/c1-9-10-11-12-13-14-17-32(27(35)24(19-33)31-28(36)37-29(6,7)8)25(26(34)30-20(2)3)23-18-21(4)15-16-22(23)5/h15-16,18,20,24-25,33H,9-14,17,19H2,1-8H3,(H,30,34)(H,31,36). The molecule has 0 heterocycles. The van der Waals surface area contributed by atoms with Crippen LogP contribution in [0, 0.1) is 13.8 Å². The Kier molecular flexibility index (Phi) is 13.7. The van der Waals surface area contributed by atoms with Crippen molar-refractivity contribution in [3.8, 4) is 0 Å². The van der Waals surface area contributed by atoms with Gasteiger partial charge in [-0.15, -0.1) is 0 Å². The topological polar surface area (TPSA) is 108 Å². The average molecular weight is 520 g/mol. The van der Waals surface area contributed by atoms with Crippen molar-refractivity contribution in [2.75, 3.05) is 13.2 Å². The third kappa shape index (κ3) is 11.5. The molecule has 0 radical (unpaired) electrons. The van der Waals surface area contributed by atoms with Gasteiger partial charge in [0, 0.05) is 12.6 Å². The number of benzene rings is 1. The molecule has 0 bridgehead atoms. The molecule has 0 saturated carbocycles. The van der Waals surface area contributed by atoms with Crippen LogP contribution < -0.4 is 10.6 Å². The van der Waals surface area contributed by atoms with Crippen molar-refractivity contribution in [3.05, 3.63) is 34.9 Å². The van der Waals surface area contributed by atoms with Gasteiger partial charge in [0.15, 0.2) is 0 Å². The molecule has 1 aromatic carbocycles. The van der Waals surface area contributed by atoms with Crippen LogP contribution in [0.15, 0.2) is 18.2 Å². The lowest BCUT2D eigenvalue weighted by Gasteiger charge is -2.35. The van der Waals surface area contributed by atoms with Gasteiger partial charge in [0.05, 0.1) is 6.61 Å². The molecule has 0 aromatic heterocycles. The normalized spacial score (nSPS) is 13.1. The van der Waals surface area contributed by atoms with Crippen LogP contribution in [0.5, 0.6) is 0 Å². The average Bonchev–Trinajstić information content (AvgIpc) is 2.78. The van der Waals surface area contributed by atoms with Crippen molar-refractivity contribution in [2.24, 2.45) is 0 Å². The minimum Gasteiger partial charge on any atom is -0.444 e. The molecule has 0 saturated heterocycles. The fourth-order valence-electron chi connectivity index (χ4n) is 4.13. The fourth-order valence-corrected chi connectivity index (χ4v) is 4.13. The number of hydrogen-bond acceptors (Lipinski definition) is 5. The second-order valence-corrected chi connectivity index (χ2v) is 11.1. The molecule has 8 heteroatoms. The zero-order valence-corrected chi connectivity index (χ0v) is 24.1. The van der Waals surface area contributed by atoms with Crippen LogP contribution in [0.1, 0.15) is 103 Å². The Hall–Kier alpha value is -2.61. The van der Waals surface area contributed by atoms with Gasteiger partial charge >= 0.3 is 6.09 Å². The molecule has 3 amide bonds. The Balaban J connectivity index is 3.39. The first kappa shape index (κ1) is 32.4.